The zero-order valence-electron chi connectivity index (χ0n) is 25.1. The highest BCUT2D eigenvalue weighted by Gasteiger charge is 2.34. The average molecular weight is 566 g/mol. The van der Waals surface area contributed by atoms with Crippen LogP contribution >= 0.6 is 0 Å². The minimum Gasteiger partial charge on any atom is -0.480 e. The number of aryl methyl sites for hydroxylation is 2. The first-order valence-corrected chi connectivity index (χ1v) is 14.2. The lowest BCUT2D eigenvalue weighted by molar-refractivity contribution is -0.148. The molecule has 41 heavy (non-hydrogen) atoms. The van der Waals surface area contributed by atoms with Gasteiger partial charge in [0.25, 0.3) is 5.91 Å². The van der Waals surface area contributed by atoms with E-state index < -0.39 is 41.3 Å². The van der Waals surface area contributed by atoms with Crippen LogP contribution in [0.1, 0.15) is 71.2 Å². The van der Waals surface area contributed by atoms with Gasteiger partial charge in [0.05, 0.1) is 10.9 Å². The molecule has 1 aliphatic rings. The van der Waals surface area contributed by atoms with Gasteiger partial charge in [0, 0.05) is 17.6 Å². The van der Waals surface area contributed by atoms with Crippen LogP contribution in [0, 0.1) is 18.3 Å². The van der Waals surface area contributed by atoms with E-state index in [-0.39, 0.29) is 11.8 Å². The van der Waals surface area contributed by atoms with E-state index >= 15 is 0 Å². The number of aromatic nitrogens is 1. The quantitative estimate of drug-likeness (QED) is 0.346. The maximum Gasteiger partial charge on any atom is 0.322 e. The van der Waals surface area contributed by atoms with Crippen molar-refractivity contribution in [2.24, 2.45) is 11.3 Å². The second-order valence-electron chi connectivity index (χ2n) is 11.7. The largest absolute Gasteiger partial charge is 0.480 e. The molecule has 1 saturated heterocycles. The molecule has 1 fully saturated rings. The Kier molecular flexibility index (Phi) is 10.3. The summed E-state index contributed by atoms with van der Waals surface area (Å²) in [6.07, 6.45) is 5.50. The second kappa shape index (κ2) is 13.2. The fraction of sp³-hybridized carbons (Fsp3) is 0.516. The Morgan fingerprint density at radius 1 is 1.17 bits per heavy atom. The third-order valence-corrected chi connectivity index (χ3v) is 7.46. The lowest BCUT2D eigenvalue weighted by atomic mass is 9.89. The van der Waals surface area contributed by atoms with Crippen molar-refractivity contribution in [1.82, 2.24) is 26.1 Å². The van der Waals surface area contributed by atoms with Crippen LogP contribution in [0.25, 0.3) is 17.0 Å². The van der Waals surface area contributed by atoms with Gasteiger partial charge in [-0.05, 0) is 76.1 Å². The van der Waals surface area contributed by atoms with Crippen molar-refractivity contribution in [3.05, 3.63) is 47.2 Å². The van der Waals surface area contributed by atoms with Crippen molar-refractivity contribution in [2.75, 3.05) is 6.54 Å². The molecule has 10 heteroatoms. The topological polar surface area (TPSA) is 141 Å². The van der Waals surface area contributed by atoms with Gasteiger partial charge in [0.15, 0.2) is 0 Å². The molecule has 0 saturated carbocycles. The number of aliphatic carboxylic acids is 1. The number of hydrogen-bond donors (Lipinski definition) is 4. The van der Waals surface area contributed by atoms with Crippen LogP contribution in [0.15, 0.2) is 30.3 Å². The number of nitrogens with one attached hydrogen (secondary N) is 3. The number of amides is 3. The van der Waals surface area contributed by atoms with Crippen LogP contribution in [-0.2, 0) is 25.6 Å². The predicted molar refractivity (Wildman–Crippen MR) is 159 cm³/mol. The Morgan fingerprint density at radius 2 is 1.88 bits per heavy atom. The van der Waals surface area contributed by atoms with Crippen LogP contribution in [0.3, 0.4) is 0 Å². The summed E-state index contributed by atoms with van der Waals surface area (Å²) in [5.74, 6) is -2.52. The first kappa shape index (κ1) is 31.7. The highest BCUT2D eigenvalue weighted by molar-refractivity contribution is 5.94. The summed E-state index contributed by atoms with van der Waals surface area (Å²) in [5.41, 5.74) is 5.82. The molecule has 3 unspecified atom stereocenters. The second-order valence-corrected chi connectivity index (χ2v) is 11.7. The first-order valence-electron chi connectivity index (χ1n) is 14.2. The summed E-state index contributed by atoms with van der Waals surface area (Å²) >= 11 is 0. The molecule has 222 valence electrons. The average Bonchev–Trinajstić information content (AvgIpc) is 2.93. The zero-order chi connectivity index (χ0) is 30.5. The number of hydrogen-bond acceptors (Lipinski definition) is 6. The molecule has 0 aliphatic carbocycles. The fourth-order valence-corrected chi connectivity index (χ4v) is 4.76. The third kappa shape index (κ3) is 7.91. The smallest absolute Gasteiger partial charge is 0.322 e. The summed E-state index contributed by atoms with van der Waals surface area (Å²) < 4.78 is 0. The molecule has 0 radical (unpaired) electrons. The Morgan fingerprint density at radius 3 is 2.51 bits per heavy atom. The molecule has 0 spiro atoms. The minimum atomic E-state index is -1.03. The first-order chi connectivity index (χ1) is 19.2. The number of benzene rings is 1. The molecule has 4 N–H and O–H groups in total. The Hall–Kier alpha value is -3.79. The Balaban J connectivity index is 1.66. The van der Waals surface area contributed by atoms with Crippen LogP contribution in [0.2, 0.25) is 0 Å². The van der Waals surface area contributed by atoms with Crippen LogP contribution in [0.4, 0.5) is 0 Å². The summed E-state index contributed by atoms with van der Waals surface area (Å²) in [6.45, 7) is 13.2. The molecule has 0 bridgehead atoms. The molecule has 1 aromatic carbocycles. The molecule has 1 aromatic heterocycles. The van der Waals surface area contributed by atoms with Crippen molar-refractivity contribution >= 4 is 40.7 Å². The normalized spacial score (nSPS) is 17.5. The van der Waals surface area contributed by atoms with Crippen molar-refractivity contribution in [3.63, 3.8) is 0 Å². The van der Waals surface area contributed by atoms with E-state index in [4.69, 9.17) is 4.98 Å². The number of carbonyl (C=O) groups is 4. The van der Waals surface area contributed by atoms with Crippen LogP contribution < -0.4 is 16.1 Å². The van der Waals surface area contributed by atoms with E-state index in [1.54, 1.807) is 26.8 Å². The van der Waals surface area contributed by atoms with E-state index in [0.29, 0.717) is 19.4 Å². The number of fused-ring (bicyclic) bond motifs is 1. The van der Waals surface area contributed by atoms with Gasteiger partial charge in [0.2, 0.25) is 11.8 Å². The van der Waals surface area contributed by atoms with Gasteiger partial charge in [-0.2, -0.15) is 0 Å². The molecular weight excluding hydrogens is 522 g/mol. The third-order valence-electron chi connectivity index (χ3n) is 7.46. The van der Waals surface area contributed by atoms with E-state index in [2.05, 4.69) is 36.0 Å². The highest BCUT2D eigenvalue weighted by Crippen LogP contribution is 2.23. The number of pyridine rings is 1. The summed E-state index contributed by atoms with van der Waals surface area (Å²) in [5, 5.41) is 17.1. The van der Waals surface area contributed by atoms with Crippen molar-refractivity contribution in [3.8, 4) is 0 Å². The maximum atomic E-state index is 13.3. The van der Waals surface area contributed by atoms with Crippen molar-refractivity contribution in [2.45, 2.75) is 85.9 Å². The van der Waals surface area contributed by atoms with E-state index in [1.165, 1.54) is 10.6 Å². The van der Waals surface area contributed by atoms with Gasteiger partial charge >= 0.3 is 5.97 Å². The Bertz CT molecular complexity index is 1340. The summed E-state index contributed by atoms with van der Waals surface area (Å²) in [7, 11) is 0. The monoisotopic (exact) mass is 565 g/mol. The van der Waals surface area contributed by atoms with Gasteiger partial charge < -0.3 is 15.7 Å². The molecule has 3 rings (SSSR count). The molecule has 1 aliphatic heterocycles. The fourth-order valence-electron chi connectivity index (χ4n) is 4.76. The van der Waals surface area contributed by atoms with Gasteiger partial charge in [-0.1, -0.05) is 45.1 Å². The number of nitrogens with zero attached hydrogens (tertiary/aromatic N) is 2. The number of rotatable bonds is 10. The van der Waals surface area contributed by atoms with Gasteiger partial charge in [-0.25, -0.2) is 5.43 Å². The Labute approximate surface area is 241 Å². The van der Waals surface area contributed by atoms with Crippen molar-refractivity contribution < 1.29 is 24.3 Å². The molecule has 3 atom stereocenters. The predicted octanol–water partition coefficient (Wildman–Crippen LogP) is 3.37. The summed E-state index contributed by atoms with van der Waals surface area (Å²) in [4.78, 5) is 55.4. The highest BCUT2D eigenvalue weighted by atomic mass is 16.4. The van der Waals surface area contributed by atoms with E-state index in [0.717, 1.165) is 28.6 Å². The molecule has 3 amide bonds. The number of carbonyl (C=O) groups excluding carboxylic acids is 3. The molecular formula is C31H43N5O5. The molecule has 10 nitrogen and oxygen atoms in total. The van der Waals surface area contributed by atoms with Crippen LogP contribution in [-0.4, -0.2) is 63.5 Å². The summed E-state index contributed by atoms with van der Waals surface area (Å²) in [6, 6.07) is 5.50. The SMILES string of the molecule is CCc1nc2cc(C=CC(C)(C)C(=O)NC(C(=O)NC(C)C(=O)N3CCCC(C(=O)O)N3)C(C)C)ccc2cc1C. The van der Waals surface area contributed by atoms with Crippen LogP contribution in [0.5, 0.6) is 0 Å². The number of carboxylic acid groups (broad SMARTS) is 1. The number of hydrazine groups is 1. The number of carboxylic acids is 1. The lowest BCUT2D eigenvalue weighted by Crippen LogP contribution is -2.61. The maximum absolute atomic E-state index is 13.3. The van der Waals surface area contributed by atoms with Gasteiger partial charge in [0.1, 0.15) is 18.1 Å². The van der Waals surface area contributed by atoms with Gasteiger partial charge in [-0.3, -0.25) is 29.2 Å². The lowest BCUT2D eigenvalue weighted by Gasteiger charge is -2.34. The van der Waals surface area contributed by atoms with Crippen molar-refractivity contribution in [1.29, 1.82) is 0 Å². The zero-order valence-corrected chi connectivity index (χ0v) is 25.1. The minimum absolute atomic E-state index is 0.242. The van der Waals surface area contributed by atoms with Gasteiger partial charge in [-0.15, -0.1) is 0 Å². The molecule has 2 aromatic rings. The standard InChI is InChI=1S/C31H43N5O5/c1-8-23-19(4)16-22-12-11-21(17-25(22)33-23)13-14-31(6,7)30(41)34-26(18(2)3)27(37)32-20(5)28(38)36-15-9-10-24(35-36)29(39)40/h11-14,16-18,20,24,26,35H,8-10,15H2,1-7H3,(H,32,37)(H,34,41)(H,39,40). The molecule has 2 heterocycles. The van der Waals surface area contributed by atoms with E-state index in [9.17, 15) is 24.3 Å². The van der Waals surface area contributed by atoms with E-state index in [1.807, 2.05) is 38.1 Å².